The third kappa shape index (κ3) is 4.47. The highest BCUT2D eigenvalue weighted by molar-refractivity contribution is 5.74. The number of amides is 2. The number of hydrogen-bond donors (Lipinski definition) is 2. The molecular formula is C20H29FN4O. The number of carbonyl (C=O) groups is 1. The Balaban J connectivity index is 1.15. The molecule has 2 heterocycles. The van der Waals surface area contributed by atoms with Gasteiger partial charge in [0.25, 0.3) is 0 Å². The van der Waals surface area contributed by atoms with E-state index < -0.39 is 0 Å². The molecule has 3 aliphatic rings. The summed E-state index contributed by atoms with van der Waals surface area (Å²) < 4.78 is 13.0. The molecule has 2 N–H and O–H groups in total. The molecule has 2 amide bonds. The van der Waals surface area contributed by atoms with Gasteiger partial charge in [-0.15, -0.1) is 0 Å². The number of halogens is 1. The van der Waals surface area contributed by atoms with Crippen LogP contribution in [-0.2, 0) is 0 Å². The number of urea groups is 1. The summed E-state index contributed by atoms with van der Waals surface area (Å²) in [5, 5.41) is 6.19. The zero-order valence-electron chi connectivity index (χ0n) is 15.3. The van der Waals surface area contributed by atoms with Crippen LogP contribution >= 0.6 is 0 Å². The molecule has 1 atom stereocenters. The van der Waals surface area contributed by atoms with Crippen molar-refractivity contribution in [1.82, 2.24) is 15.5 Å². The summed E-state index contributed by atoms with van der Waals surface area (Å²) in [6, 6.07) is 7.76. The van der Waals surface area contributed by atoms with E-state index in [2.05, 4.69) is 20.4 Å². The van der Waals surface area contributed by atoms with E-state index in [1.807, 2.05) is 12.1 Å². The summed E-state index contributed by atoms with van der Waals surface area (Å²) in [5.41, 5.74) is 1.06. The number of anilines is 1. The van der Waals surface area contributed by atoms with Crippen LogP contribution in [0, 0.1) is 11.7 Å². The Hall–Kier alpha value is -1.82. The minimum Gasteiger partial charge on any atom is -0.371 e. The zero-order valence-corrected chi connectivity index (χ0v) is 15.3. The van der Waals surface area contributed by atoms with Crippen LogP contribution in [0.1, 0.15) is 32.1 Å². The standard InChI is InChI=1S/C20H29FN4O/c21-16-1-3-19(4-2-16)25-10-7-15(14-25)13-22-20(26)23-17-8-11-24(12-9-17)18-5-6-18/h1-4,15,17-18H,5-14H2,(H2,22,23,26)/t15-/m1/s1. The van der Waals surface area contributed by atoms with Crippen molar-refractivity contribution in [3.05, 3.63) is 30.1 Å². The van der Waals surface area contributed by atoms with Crippen LogP contribution in [0.3, 0.4) is 0 Å². The fraction of sp³-hybridized carbons (Fsp3) is 0.650. The first-order valence-electron chi connectivity index (χ1n) is 9.96. The maximum atomic E-state index is 13.0. The van der Waals surface area contributed by atoms with Crippen LogP contribution in [-0.4, -0.2) is 55.7 Å². The number of nitrogens with zero attached hydrogens (tertiary/aromatic N) is 2. The number of hydrogen-bond acceptors (Lipinski definition) is 3. The van der Waals surface area contributed by atoms with Crippen LogP contribution in [0.2, 0.25) is 0 Å². The Labute approximate surface area is 154 Å². The molecule has 1 aromatic carbocycles. The number of rotatable bonds is 5. The normalized spacial score (nSPS) is 24.7. The highest BCUT2D eigenvalue weighted by Crippen LogP contribution is 2.29. The van der Waals surface area contributed by atoms with E-state index in [9.17, 15) is 9.18 Å². The van der Waals surface area contributed by atoms with Gasteiger partial charge in [-0.3, -0.25) is 0 Å². The second-order valence-electron chi connectivity index (χ2n) is 7.97. The predicted octanol–water partition coefficient (Wildman–Crippen LogP) is 2.58. The van der Waals surface area contributed by atoms with Gasteiger partial charge in [0.1, 0.15) is 5.82 Å². The number of benzene rings is 1. The highest BCUT2D eigenvalue weighted by Gasteiger charge is 2.32. The molecule has 1 saturated carbocycles. The quantitative estimate of drug-likeness (QED) is 0.848. The van der Waals surface area contributed by atoms with Gasteiger partial charge in [0.15, 0.2) is 0 Å². The summed E-state index contributed by atoms with van der Waals surface area (Å²) in [6.45, 7) is 4.80. The first-order valence-corrected chi connectivity index (χ1v) is 9.96. The van der Waals surface area contributed by atoms with Crippen molar-refractivity contribution >= 4 is 11.7 Å². The van der Waals surface area contributed by atoms with Crippen LogP contribution in [0.15, 0.2) is 24.3 Å². The van der Waals surface area contributed by atoms with Crippen molar-refractivity contribution in [2.24, 2.45) is 5.92 Å². The SMILES string of the molecule is O=C(NC[C@H]1CCN(c2ccc(F)cc2)C1)NC1CCN(C2CC2)CC1. The van der Waals surface area contributed by atoms with E-state index in [1.54, 1.807) is 0 Å². The van der Waals surface area contributed by atoms with Crippen molar-refractivity contribution in [1.29, 1.82) is 0 Å². The van der Waals surface area contributed by atoms with Crippen LogP contribution in [0.5, 0.6) is 0 Å². The van der Waals surface area contributed by atoms with E-state index in [1.165, 1.54) is 25.0 Å². The van der Waals surface area contributed by atoms with Gasteiger partial charge < -0.3 is 20.4 Å². The fourth-order valence-electron chi connectivity index (χ4n) is 4.21. The first kappa shape index (κ1) is 17.6. The second kappa shape index (κ2) is 7.82. The molecule has 4 rings (SSSR count). The largest absolute Gasteiger partial charge is 0.371 e. The van der Waals surface area contributed by atoms with Gasteiger partial charge in [0.2, 0.25) is 0 Å². The smallest absolute Gasteiger partial charge is 0.315 e. The maximum absolute atomic E-state index is 13.0. The second-order valence-corrected chi connectivity index (χ2v) is 7.97. The first-order chi connectivity index (χ1) is 12.7. The van der Waals surface area contributed by atoms with Gasteiger partial charge in [-0.25, -0.2) is 9.18 Å². The minimum absolute atomic E-state index is 0.0323. The molecule has 5 nitrogen and oxygen atoms in total. The predicted molar refractivity (Wildman–Crippen MR) is 101 cm³/mol. The molecule has 0 spiro atoms. The number of carbonyl (C=O) groups excluding carboxylic acids is 1. The van der Waals surface area contributed by atoms with Crippen LogP contribution < -0.4 is 15.5 Å². The Bertz CT molecular complexity index is 611. The Morgan fingerprint density at radius 3 is 2.46 bits per heavy atom. The molecule has 0 bridgehead atoms. The number of likely N-dealkylation sites (tertiary alicyclic amines) is 1. The third-order valence-electron chi connectivity index (χ3n) is 5.96. The molecule has 142 valence electrons. The molecule has 6 heteroatoms. The maximum Gasteiger partial charge on any atom is 0.315 e. The molecule has 2 aliphatic heterocycles. The third-order valence-corrected chi connectivity index (χ3v) is 5.96. The van der Waals surface area contributed by atoms with E-state index in [0.717, 1.165) is 57.2 Å². The Morgan fingerprint density at radius 1 is 1.04 bits per heavy atom. The van der Waals surface area contributed by atoms with Gasteiger partial charge >= 0.3 is 6.03 Å². The van der Waals surface area contributed by atoms with Gasteiger partial charge in [-0.05, 0) is 62.3 Å². The molecule has 0 unspecified atom stereocenters. The van der Waals surface area contributed by atoms with Crippen LogP contribution in [0.4, 0.5) is 14.9 Å². The van der Waals surface area contributed by atoms with E-state index in [0.29, 0.717) is 18.5 Å². The summed E-state index contributed by atoms with van der Waals surface area (Å²) in [5.74, 6) is 0.244. The average molecular weight is 360 g/mol. The number of nitrogens with one attached hydrogen (secondary N) is 2. The molecule has 0 aromatic heterocycles. The highest BCUT2D eigenvalue weighted by atomic mass is 19.1. The minimum atomic E-state index is -0.203. The molecule has 3 fully saturated rings. The van der Waals surface area contributed by atoms with E-state index in [4.69, 9.17) is 0 Å². The topological polar surface area (TPSA) is 47.6 Å². The van der Waals surface area contributed by atoms with Gasteiger partial charge in [-0.1, -0.05) is 0 Å². The van der Waals surface area contributed by atoms with Crippen molar-refractivity contribution in [2.45, 2.75) is 44.2 Å². The molecule has 1 aliphatic carbocycles. The number of piperidine rings is 1. The molecular weight excluding hydrogens is 331 g/mol. The van der Waals surface area contributed by atoms with Crippen molar-refractivity contribution in [2.75, 3.05) is 37.6 Å². The van der Waals surface area contributed by atoms with Crippen molar-refractivity contribution in [3.63, 3.8) is 0 Å². The summed E-state index contributed by atoms with van der Waals surface area (Å²) in [4.78, 5) is 17.0. The van der Waals surface area contributed by atoms with Gasteiger partial charge in [-0.2, -0.15) is 0 Å². The van der Waals surface area contributed by atoms with Gasteiger partial charge in [0.05, 0.1) is 0 Å². The fourth-order valence-corrected chi connectivity index (χ4v) is 4.21. The van der Waals surface area contributed by atoms with Crippen molar-refractivity contribution < 1.29 is 9.18 Å². The van der Waals surface area contributed by atoms with E-state index in [-0.39, 0.29) is 11.8 Å². The zero-order chi connectivity index (χ0) is 17.9. The average Bonchev–Trinajstić information content (AvgIpc) is 3.39. The lowest BCUT2D eigenvalue weighted by Crippen LogP contribution is -2.49. The summed E-state index contributed by atoms with van der Waals surface area (Å²) in [7, 11) is 0. The van der Waals surface area contributed by atoms with Crippen molar-refractivity contribution in [3.8, 4) is 0 Å². The monoisotopic (exact) mass is 360 g/mol. The molecule has 26 heavy (non-hydrogen) atoms. The lowest BCUT2D eigenvalue weighted by Gasteiger charge is -2.32. The lowest BCUT2D eigenvalue weighted by atomic mass is 10.1. The Kier molecular flexibility index (Phi) is 5.29. The summed E-state index contributed by atoms with van der Waals surface area (Å²) in [6.07, 6.45) is 5.89. The summed E-state index contributed by atoms with van der Waals surface area (Å²) >= 11 is 0. The van der Waals surface area contributed by atoms with E-state index >= 15 is 0 Å². The Morgan fingerprint density at radius 2 is 1.77 bits per heavy atom. The van der Waals surface area contributed by atoms with Gasteiger partial charge in [0, 0.05) is 50.5 Å². The molecule has 2 saturated heterocycles. The molecule has 1 aromatic rings. The lowest BCUT2D eigenvalue weighted by molar-refractivity contribution is 0.185. The van der Waals surface area contributed by atoms with Crippen LogP contribution in [0.25, 0.3) is 0 Å². The molecule has 0 radical (unpaired) electrons.